The van der Waals surface area contributed by atoms with Crippen molar-refractivity contribution in [3.8, 4) is 17.1 Å². The predicted molar refractivity (Wildman–Crippen MR) is 112 cm³/mol. The van der Waals surface area contributed by atoms with E-state index in [1.807, 2.05) is 0 Å². The highest BCUT2D eigenvalue weighted by Gasteiger charge is 2.17. The highest BCUT2D eigenvalue weighted by molar-refractivity contribution is 7.80. The summed E-state index contributed by atoms with van der Waals surface area (Å²) >= 11 is 11.1. The molecule has 29 heavy (non-hydrogen) atoms. The number of rotatable bonds is 5. The third kappa shape index (κ3) is 4.89. The van der Waals surface area contributed by atoms with Gasteiger partial charge in [0.05, 0.1) is 12.0 Å². The topological polar surface area (TPSA) is 107 Å². The molecule has 0 spiro atoms. The third-order valence-corrected chi connectivity index (χ3v) is 4.24. The summed E-state index contributed by atoms with van der Waals surface area (Å²) in [4.78, 5) is 22.9. The Bertz CT molecular complexity index is 1100. The van der Waals surface area contributed by atoms with Crippen LogP contribution in [0.25, 0.3) is 11.3 Å². The minimum atomic E-state index is -0.578. The zero-order valence-electron chi connectivity index (χ0n) is 15.0. The maximum Gasteiger partial charge on any atom is 0.312 e. The lowest BCUT2D eigenvalue weighted by atomic mass is 10.2. The largest absolute Gasteiger partial charge is 0.490 e. The van der Waals surface area contributed by atoms with E-state index in [0.717, 1.165) is 5.56 Å². The number of methoxy groups -OCH3 is 1. The van der Waals surface area contributed by atoms with Crippen LogP contribution in [-0.2, 0) is 0 Å². The summed E-state index contributed by atoms with van der Waals surface area (Å²) in [6.45, 7) is 0. The molecule has 1 aromatic heterocycles. The minimum absolute atomic E-state index is 0.0461. The van der Waals surface area contributed by atoms with Gasteiger partial charge in [-0.15, -0.1) is 0 Å². The summed E-state index contributed by atoms with van der Waals surface area (Å²) in [5, 5.41) is 16.8. The van der Waals surface area contributed by atoms with Gasteiger partial charge in [-0.1, -0.05) is 23.7 Å². The van der Waals surface area contributed by atoms with E-state index < -0.39 is 10.8 Å². The number of furan rings is 1. The molecule has 1 amide bonds. The number of benzene rings is 2. The Morgan fingerprint density at radius 3 is 2.69 bits per heavy atom. The molecule has 8 nitrogen and oxygen atoms in total. The quantitative estimate of drug-likeness (QED) is 0.344. The second-order valence-electron chi connectivity index (χ2n) is 5.73. The van der Waals surface area contributed by atoms with Crippen LogP contribution in [0.15, 0.2) is 59.0 Å². The lowest BCUT2D eigenvalue weighted by molar-refractivity contribution is -0.385. The highest BCUT2D eigenvalue weighted by atomic mass is 35.5. The summed E-state index contributed by atoms with van der Waals surface area (Å²) in [5.41, 5.74) is 0.813. The van der Waals surface area contributed by atoms with E-state index in [4.69, 9.17) is 33.0 Å². The van der Waals surface area contributed by atoms with E-state index in [1.54, 1.807) is 30.3 Å². The molecule has 0 radical (unpaired) electrons. The number of carbonyl (C=O) groups excluding carboxylic acids is 1. The summed E-state index contributed by atoms with van der Waals surface area (Å²) < 4.78 is 10.5. The molecule has 0 fully saturated rings. The number of halogens is 1. The lowest BCUT2D eigenvalue weighted by Crippen LogP contribution is -2.33. The monoisotopic (exact) mass is 431 g/mol. The number of ether oxygens (including phenoxy) is 1. The first-order valence-electron chi connectivity index (χ1n) is 8.18. The Morgan fingerprint density at radius 2 is 2.00 bits per heavy atom. The number of hydrogen-bond acceptors (Lipinski definition) is 6. The number of nitrogens with one attached hydrogen (secondary N) is 2. The fourth-order valence-corrected chi connectivity index (χ4v) is 2.90. The van der Waals surface area contributed by atoms with E-state index in [-0.39, 0.29) is 22.3 Å². The smallest absolute Gasteiger partial charge is 0.312 e. The molecular formula is C19H14ClN3O5S. The SMILES string of the molecule is COc1ccc(NC(=S)NC(=O)c2ccc(-c3cccc(Cl)c3)o2)cc1[N+](=O)[O-]. The Balaban J connectivity index is 1.68. The van der Waals surface area contributed by atoms with Gasteiger partial charge in [-0.05, 0) is 48.6 Å². The van der Waals surface area contributed by atoms with Crippen molar-refractivity contribution in [2.24, 2.45) is 0 Å². The molecule has 3 aromatic rings. The van der Waals surface area contributed by atoms with Gasteiger partial charge in [0.15, 0.2) is 16.6 Å². The number of carbonyl (C=O) groups is 1. The first kappa shape index (κ1) is 20.3. The lowest BCUT2D eigenvalue weighted by Gasteiger charge is -2.09. The van der Waals surface area contributed by atoms with Gasteiger partial charge in [0.25, 0.3) is 5.91 Å². The molecule has 0 aliphatic rings. The van der Waals surface area contributed by atoms with Crippen molar-refractivity contribution in [2.45, 2.75) is 0 Å². The number of nitro benzene ring substituents is 1. The summed E-state index contributed by atoms with van der Waals surface area (Å²) in [6.07, 6.45) is 0. The van der Waals surface area contributed by atoms with Gasteiger partial charge in [0.2, 0.25) is 0 Å². The maximum atomic E-state index is 12.3. The Hall–Kier alpha value is -3.43. The van der Waals surface area contributed by atoms with Gasteiger partial charge >= 0.3 is 5.69 Å². The first-order valence-corrected chi connectivity index (χ1v) is 8.96. The van der Waals surface area contributed by atoms with Crippen molar-refractivity contribution in [1.82, 2.24) is 5.32 Å². The molecular weight excluding hydrogens is 418 g/mol. The molecule has 0 aliphatic heterocycles. The molecule has 0 bridgehead atoms. The van der Waals surface area contributed by atoms with Crippen molar-refractivity contribution in [3.63, 3.8) is 0 Å². The van der Waals surface area contributed by atoms with Crippen LogP contribution >= 0.6 is 23.8 Å². The predicted octanol–water partition coefficient (Wildman–Crippen LogP) is 4.64. The Labute approximate surface area is 175 Å². The van der Waals surface area contributed by atoms with Crippen LogP contribution in [0.5, 0.6) is 5.75 Å². The minimum Gasteiger partial charge on any atom is -0.490 e. The molecule has 0 aliphatic carbocycles. The van der Waals surface area contributed by atoms with Crippen molar-refractivity contribution >= 4 is 46.2 Å². The summed E-state index contributed by atoms with van der Waals surface area (Å²) in [7, 11) is 1.33. The van der Waals surface area contributed by atoms with Crippen LogP contribution < -0.4 is 15.4 Å². The van der Waals surface area contributed by atoms with Gasteiger partial charge in [-0.25, -0.2) is 0 Å². The summed E-state index contributed by atoms with van der Waals surface area (Å²) in [5.74, 6) is 0.0607. The van der Waals surface area contributed by atoms with Crippen LogP contribution in [0.2, 0.25) is 5.02 Å². The number of nitro groups is 1. The number of nitrogens with zero attached hydrogens (tertiary/aromatic N) is 1. The van der Waals surface area contributed by atoms with E-state index in [9.17, 15) is 14.9 Å². The van der Waals surface area contributed by atoms with Crippen molar-refractivity contribution in [2.75, 3.05) is 12.4 Å². The number of thiocarbonyl (C=S) groups is 1. The second-order valence-corrected chi connectivity index (χ2v) is 6.57. The zero-order valence-corrected chi connectivity index (χ0v) is 16.5. The Morgan fingerprint density at radius 1 is 1.21 bits per heavy atom. The Kier molecular flexibility index (Phi) is 6.10. The average Bonchev–Trinajstić information content (AvgIpc) is 3.18. The van der Waals surface area contributed by atoms with E-state index >= 15 is 0 Å². The molecule has 2 N–H and O–H groups in total. The van der Waals surface area contributed by atoms with Crippen LogP contribution in [0.1, 0.15) is 10.6 Å². The van der Waals surface area contributed by atoms with Crippen molar-refractivity contribution < 1.29 is 18.9 Å². The van der Waals surface area contributed by atoms with Gasteiger partial charge in [-0.2, -0.15) is 0 Å². The second kappa shape index (κ2) is 8.72. The molecule has 1 heterocycles. The molecule has 0 saturated carbocycles. The van der Waals surface area contributed by atoms with Crippen LogP contribution in [0, 0.1) is 10.1 Å². The fraction of sp³-hybridized carbons (Fsp3) is 0.0526. The maximum absolute atomic E-state index is 12.3. The third-order valence-electron chi connectivity index (χ3n) is 3.80. The molecule has 148 valence electrons. The van der Waals surface area contributed by atoms with Gasteiger partial charge in [0.1, 0.15) is 5.76 Å². The van der Waals surface area contributed by atoms with Crippen LogP contribution in [0.3, 0.4) is 0 Å². The van der Waals surface area contributed by atoms with Gasteiger partial charge in [-0.3, -0.25) is 20.2 Å². The fourth-order valence-electron chi connectivity index (χ4n) is 2.49. The van der Waals surface area contributed by atoms with Crippen molar-refractivity contribution in [1.29, 1.82) is 0 Å². The number of amides is 1. The molecule has 0 atom stereocenters. The van der Waals surface area contributed by atoms with Crippen LogP contribution in [-0.4, -0.2) is 23.1 Å². The molecule has 0 unspecified atom stereocenters. The average molecular weight is 432 g/mol. The molecule has 10 heteroatoms. The van der Waals surface area contributed by atoms with E-state index in [2.05, 4.69) is 10.6 Å². The van der Waals surface area contributed by atoms with Gasteiger partial charge < -0.3 is 14.5 Å². The normalized spacial score (nSPS) is 10.3. The highest BCUT2D eigenvalue weighted by Crippen LogP contribution is 2.29. The van der Waals surface area contributed by atoms with Crippen molar-refractivity contribution in [3.05, 3.63) is 75.5 Å². The standard InChI is InChI=1S/C19H14ClN3O5S/c1-27-16-6-5-13(10-14(16)23(25)26)21-19(29)22-18(24)17-8-7-15(28-17)11-3-2-4-12(20)9-11/h2-10H,1H3,(H2,21,22,24,29). The number of anilines is 1. The zero-order chi connectivity index (χ0) is 21.0. The summed E-state index contributed by atoms with van der Waals surface area (Å²) in [6, 6.07) is 14.4. The molecule has 0 saturated heterocycles. The number of hydrogen-bond donors (Lipinski definition) is 2. The molecule has 2 aromatic carbocycles. The first-order chi connectivity index (χ1) is 13.9. The van der Waals surface area contributed by atoms with Gasteiger partial charge in [0, 0.05) is 22.3 Å². The van der Waals surface area contributed by atoms with Crippen LogP contribution in [0.4, 0.5) is 11.4 Å². The molecule has 3 rings (SSSR count). The van der Waals surface area contributed by atoms with E-state index in [0.29, 0.717) is 16.5 Å². The van der Waals surface area contributed by atoms with E-state index in [1.165, 1.54) is 31.4 Å².